The first kappa shape index (κ1) is 9.47. The molecule has 2 aliphatic carbocycles. The van der Waals surface area contributed by atoms with Crippen LogP contribution < -0.4 is 5.32 Å². The van der Waals surface area contributed by atoms with Crippen molar-refractivity contribution in [3.63, 3.8) is 0 Å². The maximum Gasteiger partial charge on any atom is 0.306 e. The number of nitriles is 1. The van der Waals surface area contributed by atoms with Crippen molar-refractivity contribution >= 4 is 5.97 Å². The van der Waals surface area contributed by atoms with E-state index >= 15 is 0 Å². The van der Waals surface area contributed by atoms with Crippen molar-refractivity contribution in [3.8, 4) is 6.07 Å². The van der Waals surface area contributed by atoms with Crippen LogP contribution in [0.25, 0.3) is 0 Å². The zero-order valence-electron chi connectivity index (χ0n) is 7.99. The molecular formula is C10H14N2O2. The lowest BCUT2D eigenvalue weighted by molar-refractivity contribution is -0.146. The Morgan fingerprint density at radius 3 is 2.64 bits per heavy atom. The van der Waals surface area contributed by atoms with Gasteiger partial charge in [-0.15, -0.1) is 0 Å². The lowest BCUT2D eigenvalue weighted by Gasteiger charge is -2.41. The number of aliphatic carboxylic acids is 1. The maximum atomic E-state index is 10.6. The summed E-state index contributed by atoms with van der Waals surface area (Å²) in [5.41, 5.74) is -0.536. The predicted octanol–water partition coefficient (Wildman–Crippen LogP) is 0.743. The Labute approximate surface area is 82.9 Å². The molecule has 4 nitrogen and oxygen atoms in total. The summed E-state index contributed by atoms with van der Waals surface area (Å²) in [6.07, 6.45) is 3.42. The fourth-order valence-electron chi connectivity index (χ4n) is 1.89. The fourth-order valence-corrected chi connectivity index (χ4v) is 1.89. The van der Waals surface area contributed by atoms with Gasteiger partial charge in [0.1, 0.15) is 5.54 Å². The topological polar surface area (TPSA) is 73.1 Å². The van der Waals surface area contributed by atoms with Gasteiger partial charge in [-0.05, 0) is 38.1 Å². The highest BCUT2D eigenvalue weighted by Gasteiger charge is 2.48. The number of carboxylic acids is 1. The van der Waals surface area contributed by atoms with Gasteiger partial charge in [-0.1, -0.05) is 0 Å². The molecular weight excluding hydrogens is 180 g/mol. The molecule has 0 radical (unpaired) electrons. The van der Waals surface area contributed by atoms with E-state index in [2.05, 4.69) is 11.4 Å². The van der Waals surface area contributed by atoms with E-state index in [4.69, 9.17) is 10.4 Å². The third-order valence-electron chi connectivity index (χ3n) is 3.18. The maximum absolute atomic E-state index is 10.6. The molecule has 0 atom stereocenters. The van der Waals surface area contributed by atoms with Crippen LogP contribution in [0.2, 0.25) is 0 Å². The van der Waals surface area contributed by atoms with Gasteiger partial charge in [0.25, 0.3) is 0 Å². The first-order chi connectivity index (χ1) is 6.65. The van der Waals surface area contributed by atoms with Crippen LogP contribution >= 0.6 is 0 Å². The van der Waals surface area contributed by atoms with Crippen molar-refractivity contribution in [2.45, 2.75) is 31.2 Å². The summed E-state index contributed by atoms with van der Waals surface area (Å²) in [6, 6.07) is 2.21. The van der Waals surface area contributed by atoms with Crippen molar-refractivity contribution in [1.29, 1.82) is 5.26 Å². The predicted molar refractivity (Wildman–Crippen MR) is 49.4 cm³/mol. The Hall–Kier alpha value is -1.08. The van der Waals surface area contributed by atoms with Crippen LogP contribution in [-0.2, 0) is 4.79 Å². The van der Waals surface area contributed by atoms with Crippen LogP contribution in [0, 0.1) is 23.2 Å². The Kier molecular flexibility index (Phi) is 2.20. The number of nitrogens with zero attached hydrogens (tertiary/aromatic N) is 1. The fraction of sp³-hybridized carbons (Fsp3) is 0.800. The minimum absolute atomic E-state index is 0.318. The quantitative estimate of drug-likeness (QED) is 0.692. The van der Waals surface area contributed by atoms with Crippen LogP contribution in [0.1, 0.15) is 25.7 Å². The van der Waals surface area contributed by atoms with Crippen molar-refractivity contribution < 1.29 is 9.90 Å². The molecule has 2 rings (SSSR count). The third-order valence-corrected chi connectivity index (χ3v) is 3.18. The van der Waals surface area contributed by atoms with Gasteiger partial charge in [-0.25, -0.2) is 0 Å². The molecule has 0 aromatic rings. The van der Waals surface area contributed by atoms with Crippen molar-refractivity contribution in [2.24, 2.45) is 11.8 Å². The van der Waals surface area contributed by atoms with Gasteiger partial charge < -0.3 is 5.11 Å². The highest BCUT2D eigenvalue weighted by molar-refractivity contribution is 5.72. The minimum atomic E-state index is -0.774. The van der Waals surface area contributed by atoms with E-state index in [0.717, 1.165) is 12.5 Å². The molecule has 4 heteroatoms. The normalized spacial score (nSPS) is 35.8. The van der Waals surface area contributed by atoms with E-state index in [1.165, 1.54) is 12.8 Å². The zero-order chi connectivity index (χ0) is 10.2. The standard InChI is InChI=1S/C10H14N2O2/c11-6-10(12-5-7-1-2-7)3-8(4-10)9(13)14/h7-8,12H,1-5H2,(H,13,14). The molecule has 2 fully saturated rings. The third kappa shape index (κ3) is 1.73. The van der Waals surface area contributed by atoms with Gasteiger partial charge in [-0.3, -0.25) is 10.1 Å². The van der Waals surface area contributed by atoms with E-state index < -0.39 is 11.5 Å². The Morgan fingerprint density at radius 1 is 1.57 bits per heavy atom. The molecule has 0 unspecified atom stereocenters. The van der Waals surface area contributed by atoms with Crippen LogP contribution in [0.4, 0.5) is 0 Å². The van der Waals surface area contributed by atoms with Gasteiger partial charge in [0.05, 0.1) is 12.0 Å². The molecule has 0 spiro atoms. The average molecular weight is 194 g/mol. The second kappa shape index (κ2) is 3.25. The van der Waals surface area contributed by atoms with E-state index in [-0.39, 0.29) is 5.92 Å². The summed E-state index contributed by atoms with van der Waals surface area (Å²) in [5.74, 6) is -0.366. The first-order valence-electron chi connectivity index (χ1n) is 5.04. The summed E-state index contributed by atoms with van der Waals surface area (Å²) >= 11 is 0. The minimum Gasteiger partial charge on any atom is -0.481 e. The summed E-state index contributed by atoms with van der Waals surface area (Å²) < 4.78 is 0. The number of nitrogens with one attached hydrogen (secondary N) is 1. The summed E-state index contributed by atoms with van der Waals surface area (Å²) in [6.45, 7) is 0.875. The molecule has 2 saturated carbocycles. The molecule has 14 heavy (non-hydrogen) atoms. The molecule has 0 heterocycles. The number of rotatable bonds is 4. The number of carboxylic acid groups (broad SMARTS) is 1. The molecule has 0 saturated heterocycles. The monoisotopic (exact) mass is 194 g/mol. The Morgan fingerprint density at radius 2 is 2.21 bits per heavy atom. The molecule has 76 valence electrons. The number of carbonyl (C=O) groups is 1. The van der Waals surface area contributed by atoms with Crippen molar-refractivity contribution in [1.82, 2.24) is 5.32 Å². The second-order valence-electron chi connectivity index (χ2n) is 4.46. The SMILES string of the molecule is N#CC1(NCC2CC2)CC(C(=O)O)C1. The summed E-state index contributed by atoms with van der Waals surface area (Å²) in [5, 5.41) is 20.9. The lowest BCUT2D eigenvalue weighted by atomic mass is 9.69. The van der Waals surface area contributed by atoms with E-state index in [0.29, 0.717) is 12.8 Å². The van der Waals surface area contributed by atoms with Gasteiger partial charge in [0, 0.05) is 0 Å². The van der Waals surface area contributed by atoms with Crippen LogP contribution in [0.3, 0.4) is 0 Å². The molecule has 2 aliphatic rings. The van der Waals surface area contributed by atoms with Crippen molar-refractivity contribution in [2.75, 3.05) is 6.54 Å². The van der Waals surface area contributed by atoms with Crippen LogP contribution in [0.5, 0.6) is 0 Å². The number of hydrogen-bond donors (Lipinski definition) is 2. The van der Waals surface area contributed by atoms with Gasteiger partial charge in [-0.2, -0.15) is 5.26 Å². The molecule has 2 N–H and O–H groups in total. The van der Waals surface area contributed by atoms with E-state index in [1.54, 1.807) is 0 Å². The summed E-state index contributed by atoms with van der Waals surface area (Å²) in [7, 11) is 0. The van der Waals surface area contributed by atoms with Gasteiger partial charge in [0.2, 0.25) is 0 Å². The Bertz CT molecular complexity index is 285. The first-order valence-corrected chi connectivity index (χ1v) is 5.04. The molecule has 0 aromatic carbocycles. The van der Waals surface area contributed by atoms with Gasteiger partial charge in [0.15, 0.2) is 0 Å². The molecule has 0 aliphatic heterocycles. The zero-order valence-corrected chi connectivity index (χ0v) is 7.99. The van der Waals surface area contributed by atoms with Crippen molar-refractivity contribution in [3.05, 3.63) is 0 Å². The van der Waals surface area contributed by atoms with Gasteiger partial charge >= 0.3 is 5.97 Å². The van der Waals surface area contributed by atoms with E-state index in [9.17, 15) is 4.79 Å². The van der Waals surface area contributed by atoms with Crippen LogP contribution in [-0.4, -0.2) is 23.2 Å². The molecule has 0 amide bonds. The number of hydrogen-bond acceptors (Lipinski definition) is 3. The highest BCUT2D eigenvalue weighted by Crippen LogP contribution is 2.38. The summed E-state index contributed by atoms with van der Waals surface area (Å²) in [4.78, 5) is 10.6. The van der Waals surface area contributed by atoms with Crippen LogP contribution in [0.15, 0.2) is 0 Å². The van der Waals surface area contributed by atoms with E-state index in [1.807, 2.05) is 0 Å². The largest absolute Gasteiger partial charge is 0.481 e. The lowest BCUT2D eigenvalue weighted by Crippen LogP contribution is -2.56. The average Bonchev–Trinajstić information content (AvgIpc) is 2.86. The molecule has 0 bridgehead atoms. The highest BCUT2D eigenvalue weighted by atomic mass is 16.4. The molecule has 0 aromatic heterocycles. The second-order valence-corrected chi connectivity index (χ2v) is 4.46. The Balaban J connectivity index is 1.81. The smallest absolute Gasteiger partial charge is 0.306 e.